The molecule has 0 aliphatic heterocycles. The van der Waals surface area contributed by atoms with Gasteiger partial charge >= 0.3 is 0 Å². The molecule has 0 N–H and O–H groups in total. The summed E-state index contributed by atoms with van der Waals surface area (Å²) in [7, 11) is 1.69. The van der Waals surface area contributed by atoms with E-state index < -0.39 is 0 Å². The van der Waals surface area contributed by atoms with Crippen molar-refractivity contribution in [3.63, 3.8) is 0 Å². The van der Waals surface area contributed by atoms with Gasteiger partial charge in [0.25, 0.3) is 0 Å². The Morgan fingerprint density at radius 2 is 2.27 bits per heavy atom. The minimum atomic E-state index is 0.00611. The number of hydrogen-bond acceptors (Lipinski definition) is 3. The van der Waals surface area contributed by atoms with Crippen LogP contribution in [0.4, 0.5) is 0 Å². The van der Waals surface area contributed by atoms with Crippen molar-refractivity contribution >= 4 is 6.08 Å². The van der Waals surface area contributed by atoms with Gasteiger partial charge in [-0.3, -0.25) is 0 Å². The number of ether oxygens (including phenoxy) is 1. The van der Waals surface area contributed by atoms with E-state index in [1.807, 2.05) is 0 Å². The molecule has 0 bridgehead atoms. The van der Waals surface area contributed by atoms with Gasteiger partial charge in [-0.1, -0.05) is 13.8 Å². The molecule has 0 amide bonds. The quantitative estimate of drug-likeness (QED) is 0.443. The van der Waals surface area contributed by atoms with Gasteiger partial charge in [-0.2, -0.15) is 0 Å². The van der Waals surface area contributed by atoms with Crippen LogP contribution in [-0.4, -0.2) is 25.3 Å². The highest BCUT2D eigenvalue weighted by Gasteiger charge is 2.48. The summed E-state index contributed by atoms with van der Waals surface area (Å²) in [5, 5.41) is 0. The molecule has 1 fully saturated rings. The first-order valence-electron chi connectivity index (χ1n) is 3.72. The van der Waals surface area contributed by atoms with E-state index in [0.717, 1.165) is 6.42 Å². The van der Waals surface area contributed by atoms with Gasteiger partial charge in [0.1, 0.15) is 0 Å². The molecule has 1 saturated carbocycles. The first-order chi connectivity index (χ1) is 5.12. The van der Waals surface area contributed by atoms with E-state index in [0.29, 0.717) is 0 Å². The maximum Gasteiger partial charge on any atom is 0.235 e. The molecule has 2 unspecified atom stereocenters. The summed E-state index contributed by atoms with van der Waals surface area (Å²) in [6.07, 6.45) is 2.68. The lowest BCUT2D eigenvalue weighted by atomic mass is 9.65. The topological polar surface area (TPSA) is 38.7 Å². The molecule has 0 aromatic heterocycles. The standard InChI is InChI=1S/C8H13NO2/c1-8(2)6(9-5-10)4-7(8)11-3/h6-7H,4H2,1-3H3. The predicted molar refractivity (Wildman–Crippen MR) is 41.1 cm³/mol. The van der Waals surface area contributed by atoms with E-state index in [9.17, 15) is 4.79 Å². The summed E-state index contributed by atoms with van der Waals surface area (Å²) in [4.78, 5) is 13.7. The largest absolute Gasteiger partial charge is 0.381 e. The lowest BCUT2D eigenvalue weighted by Gasteiger charge is -2.48. The van der Waals surface area contributed by atoms with Crippen LogP contribution in [0.1, 0.15) is 20.3 Å². The minimum Gasteiger partial charge on any atom is -0.381 e. The second-order valence-electron chi connectivity index (χ2n) is 3.52. The smallest absolute Gasteiger partial charge is 0.235 e. The van der Waals surface area contributed by atoms with Crippen molar-refractivity contribution in [1.82, 2.24) is 0 Å². The van der Waals surface area contributed by atoms with Gasteiger partial charge in [0, 0.05) is 12.5 Å². The fraction of sp³-hybridized carbons (Fsp3) is 0.875. The zero-order valence-electron chi connectivity index (χ0n) is 7.13. The van der Waals surface area contributed by atoms with Crippen molar-refractivity contribution in [3.8, 4) is 0 Å². The summed E-state index contributed by atoms with van der Waals surface area (Å²) < 4.78 is 5.19. The zero-order chi connectivity index (χ0) is 8.48. The molecule has 0 saturated heterocycles. The van der Waals surface area contributed by atoms with Gasteiger partial charge < -0.3 is 4.74 Å². The van der Waals surface area contributed by atoms with Gasteiger partial charge in [-0.25, -0.2) is 9.79 Å². The Morgan fingerprint density at radius 3 is 2.64 bits per heavy atom. The maximum absolute atomic E-state index is 9.96. The highest BCUT2D eigenvalue weighted by Crippen LogP contribution is 2.44. The number of isocyanates is 1. The molecule has 0 heterocycles. The first-order valence-corrected chi connectivity index (χ1v) is 3.72. The zero-order valence-corrected chi connectivity index (χ0v) is 7.13. The van der Waals surface area contributed by atoms with Crippen LogP contribution < -0.4 is 0 Å². The molecule has 62 valence electrons. The van der Waals surface area contributed by atoms with Crippen LogP contribution in [-0.2, 0) is 9.53 Å². The first kappa shape index (κ1) is 8.44. The summed E-state index contributed by atoms with van der Waals surface area (Å²) >= 11 is 0. The molecule has 0 radical (unpaired) electrons. The third kappa shape index (κ3) is 1.22. The maximum atomic E-state index is 9.96. The second kappa shape index (κ2) is 2.76. The average molecular weight is 155 g/mol. The molecule has 3 nitrogen and oxygen atoms in total. The van der Waals surface area contributed by atoms with Crippen molar-refractivity contribution in [2.75, 3.05) is 7.11 Å². The fourth-order valence-corrected chi connectivity index (χ4v) is 1.55. The van der Waals surface area contributed by atoms with Crippen molar-refractivity contribution in [1.29, 1.82) is 0 Å². The Balaban J connectivity index is 2.60. The molecule has 0 aromatic rings. The van der Waals surface area contributed by atoms with Crippen LogP contribution in [0.3, 0.4) is 0 Å². The minimum absolute atomic E-state index is 0.00611. The van der Waals surface area contributed by atoms with E-state index in [-0.39, 0.29) is 17.6 Å². The molecule has 1 aliphatic carbocycles. The van der Waals surface area contributed by atoms with E-state index in [1.165, 1.54) is 0 Å². The molecule has 1 aliphatic rings. The number of hydrogen-bond donors (Lipinski definition) is 0. The third-order valence-corrected chi connectivity index (χ3v) is 2.62. The van der Waals surface area contributed by atoms with Crippen LogP contribution in [0.2, 0.25) is 0 Å². The Kier molecular flexibility index (Phi) is 2.12. The van der Waals surface area contributed by atoms with Gasteiger partial charge in [-0.15, -0.1) is 0 Å². The van der Waals surface area contributed by atoms with Crippen molar-refractivity contribution in [2.24, 2.45) is 10.4 Å². The summed E-state index contributed by atoms with van der Waals surface area (Å²) in [6.45, 7) is 4.10. The van der Waals surface area contributed by atoms with Gasteiger partial charge in [-0.05, 0) is 6.42 Å². The van der Waals surface area contributed by atoms with Gasteiger partial charge in [0.15, 0.2) is 0 Å². The Hall–Kier alpha value is -0.660. The highest BCUT2D eigenvalue weighted by molar-refractivity contribution is 5.34. The van der Waals surface area contributed by atoms with E-state index in [4.69, 9.17) is 4.74 Å². The van der Waals surface area contributed by atoms with Gasteiger partial charge in [0.05, 0.1) is 12.1 Å². The third-order valence-electron chi connectivity index (χ3n) is 2.62. The number of rotatable bonds is 2. The van der Waals surface area contributed by atoms with E-state index >= 15 is 0 Å². The Bertz CT molecular complexity index is 194. The summed E-state index contributed by atoms with van der Waals surface area (Å²) in [5.41, 5.74) is 0.00611. The van der Waals surface area contributed by atoms with Crippen LogP contribution in [0.15, 0.2) is 4.99 Å². The molecule has 1 rings (SSSR count). The SMILES string of the molecule is COC1CC(N=C=O)C1(C)C. The Labute approximate surface area is 66.5 Å². The molecular weight excluding hydrogens is 142 g/mol. The Morgan fingerprint density at radius 1 is 1.64 bits per heavy atom. The van der Waals surface area contributed by atoms with Crippen LogP contribution >= 0.6 is 0 Å². The number of carbonyl (C=O) groups excluding carboxylic acids is 1. The monoisotopic (exact) mass is 155 g/mol. The molecule has 0 spiro atoms. The van der Waals surface area contributed by atoms with Gasteiger partial charge in [0.2, 0.25) is 6.08 Å². The number of aliphatic imine (C=N–C) groups is 1. The molecule has 2 atom stereocenters. The molecule has 11 heavy (non-hydrogen) atoms. The lowest BCUT2D eigenvalue weighted by molar-refractivity contribution is -0.0849. The van der Waals surface area contributed by atoms with E-state index in [1.54, 1.807) is 13.2 Å². The normalized spacial score (nSPS) is 33.7. The van der Waals surface area contributed by atoms with Crippen LogP contribution in [0.5, 0.6) is 0 Å². The van der Waals surface area contributed by atoms with Crippen molar-refractivity contribution < 1.29 is 9.53 Å². The summed E-state index contributed by atoms with van der Waals surface area (Å²) in [6, 6.07) is 0.102. The van der Waals surface area contributed by atoms with Crippen LogP contribution in [0, 0.1) is 5.41 Å². The second-order valence-corrected chi connectivity index (χ2v) is 3.52. The fourth-order valence-electron chi connectivity index (χ4n) is 1.55. The van der Waals surface area contributed by atoms with Crippen LogP contribution in [0.25, 0.3) is 0 Å². The average Bonchev–Trinajstić information content (AvgIpc) is 1.97. The molecule has 3 heteroatoms. The molecular formula is C8H13NO2. The molecule has 0 aromatic carbocycles. The highest BCUT2D eigenvalue weighted by atomic mass is 16.5. The predicted octanol–water partition coefficient (Wildman–Crippen LogP) is 1.14. The van der Waals surface area contributed by atoms with Crippen molar-refractivity contribution in [3.05, 3.63) is 0 Å². The number of nitrogens with zero attached hydrogens (tertiary/aromatic N) is 1. The summed E-state index contributed by atoms with van der Waals surface area (Å²) in [5.74, 6) is 0. The lowest BCUT2D eigenvalue weighted by Crippen LogP contribution is -2.53. The van der Waals surface area contributed by atoms with Crippen molar-refractivity contribution in [2.45, 2.75) is 32.4 Å². The van der Waals surface area contributed by atoms with E-state index in [2.05, 4.69) is 18.8 Å². The number of methoxy groups -OCH3 is 1.